The number of carbonyl (C=O) groups is 1. The Morgan fingerprint density at radius 1 is 1.12 bits per heavy atom. The zero-order valence-corrected chi connectivity index (χ0v) is 16.2. The molecule has 0 bridgehead atoms. The van der Waals surface area contributed by atoms with Crippen LogP contribution in [0.15, 0.2) is 30.5 Å². The fraction of sp³-hybridized carbons (Fsp3) is 0.350. The topological polar surface area (TPSA) is 64.7 Å². The van der Waals surface area contributed by atoms with Crippen LogP contribution in [0, 0.1) is 27.7 Å². The second-order valence-electron chi connectivity index (χ2n) is 6.86. The van der Waals surface area contributed by atoms with Crippen molar-refractivity contribution < 1.29 is 4.79 Å². The van der Waals surface area contributed by atoms with E-state index in [4.69, 9.17) is 0 Å². The van der Waals surface area contributed by atoms with Crippen molar-refractivity contribution in [3.8, 4) is 11.3 Å². The van der Waals surface area contributed by atoms with Crippen molar-refractivity contribution in [1.82, 2.24) is 19.3 Å². The largest absolute Gasteiger partial charge is 0.313 e. The molecule has 2 heterocycles. The van der Waals surface area contributed by atoms with Crippen LogP contribution in [0.4, 0.5) is 5.95 Å². The Morgan fingerprint density at radius 2 is 1.85 bits per heavy atom. The third-order valence-electron chi connectivity index (χ3n) is 4.82. The van der Waals surface area contributed by atoms with Gasteiger partial charge in [0, 0.05) is 18.3 Å². The molecule has 0 aliphatic heterocycles. The van der Waals surface area contributed by atoms with E-state index in [-0.39, 0.29) is 5.91 Å². The molecule has 2 aromatic heterocycles. The van der Waals surface area contributed by atoms with Crippen molar-refractivity contribution >= 4 is 11.9 Å². The number of rotatable bonds is 4. The molecule has 1 atom stereocenters. The molecule has 0 fully saturated rings. The standard InChI is InChI=1S/C20H25N5O/c1-12-7-8-17(9-13(12)2)18-11-21-20(24(18)6)22-19(26)16(5)25-15(4)10-14(3)23-25/h7-11,16H,1-6H3,(H,21,22,26). The molecule has 0 aliphatic rings. The zero-order chi connectivity index (χ0) is 19.0. The van der Waals surface area contributed by atoms with Gasteiger partial charge in [0.05, 0.1) is 17.6 Å². The van der Waals surface area contributed by atoms with Crippen LogP contribution in [-0.4, -0.2) is 25.2 Å². The van der Waals surface area contributed by atoms with Gasteiger partial charge < -0.3 is 4.57 Å². The van der Waals surface area contributed by atoms with E-state index in [1.165, 1.54) is 11.1 Å². The maximum Gasteiger partial charge on any atom is 0.251 e. The molecule has 3 aromatic rings. The van der Waals surface area contributed by atoms with Crippen LogP contribution in [0.2, 0.25) is 0 Å². The molecule has 0 saturated heterocycles. The summed E-state index contributed by atoms with van der Waals surface area (Å²) >= 11 is 0. The van der Waals surface area contributed by atoms with Crippen LogP contribution in [0.25, 0.3) is 11.3 Å². The molecule has 0 saturated carbocycles. The number of benzene rings is 1. The highest BCUT2D eigenvalue weighted by molar-refractivity contribution is 5.92. The molecule has 1 N–H and O–H groups in total. The molecule has 1 amide bonds. The van der Waals surface area contributed by atoms with Crippen LogP contribution in [0.3, 0.4) is 0 Å². The van der Waals surface area contributed by atoms with Gasteiger partial charge in [-0.2, -0.15) is 5.10 Å². The number of hydrogen-bond acceptors (Lipinski definition) is 3. The summed E-state index contributed by atoms with van der Waals surface area (Å²) in [5.74, 6) is 0.383. The molecular weight excluding hydrogens is 326 g/mol. The number of anilines is 1. The first-order chi connectivity index (χ1) is 12.3. The second kappa shape index (κ2) is 6.78. The predicted octanol–water partition coefficient (Wildman–Crippen LogP) is 3.72. The quantitative estimate of drug-likeness (QED) is 0.779. The van der Waals surface area contributed by atoms with Gasteiger partial charge in [-0.05, 0) is 57.9 Å². The van der Waals surface area contributed by atoms with E-state index in [2.05, 4.69) is 47.4 Å². The molecule has 1 unspecified atom stereocenters. The number of nitrogens with one attached hydrogen (secondary N) is 1. The average molecular weight is 351 g/mol. The molecule has 6 nitrogen and oxygen atoms in total. The minimum absolute atomic E-state index is 0.142. The number of nitrogens with zero attached hydrogens (tertiary/aromatic N) is 4. The van der Waals surface area contributed by atoms with Crippen LogP contribution >= 0.6 is 0 Å². The van der Waals surface area contributed by atoms with Crippen molar-refractivity contribution in [3.63, 3.8) is 0 Å². The Hall–Kier alpha value is -2.89. The van der Waals surface area contributed by atoms with Gasteiger partial charge in [0.1, 0.15) is 6.04 Å². The van der Waals surface area contributed by atoms with E-state index in [0.29, 0.717) is 5.95 Å². The van der Waals surface area contributed by atoms with Crippen LogP contribution < -0.4 is 5.32 Å². The zero-order valence-electron chi connectivity index (χ0n) is 16.2. The Morgan fingerprint density at radius 3 is 2.46 bits per heavy atom. The van der Waals surface area contributed by atoms with Crippen molar-refractivity contribution in [2.24, 2.45) is 7.05 Å². The van der Waals surface area contributed by atoms with Gasteiger partial charge in [-0.1, -0.05) is 12.1 Å². The molecule has 1 aromatic carbocycles. The van der Waals surface area contributed by atoms with Gasteiger partial charge in [0.2, 0.25) is 5.95 Å². The summed E-state index contributed by atoms with van der Waals surface area (Å²) in [6, 6.07) is 7.86. The SMILES string of the molecule is Cc1cc(C)n(C(C)C(=O)Nc2ncc(-c3ccc(C)c(C)c3)n2C)n1. The summed E-state index contributed by atoms with van der Waals surface area (Å²) in [5, 5.41) is 7.31. The average Bonchev–Trinajstić information content (AvgIpc) is 3.12. The minimum atomic E-state index is -0.412. The fourth-order valence-corrected chi connectivity index (χ4v) is 3.06. The van der Waals surface area contributed by atoms with Crippen molar-refractivity contribution in [1.29, 1.82) is 0 Å². The van der Waals surface area contributed by atoms with Gasteiger partial charge in [-0.15, -0.1) is 0 Å². The predicted molar refractivity (Wildman–Crippen MR) is 103 cm³/mol. The fourth-order valence-electron chi connectivity index (χ4n) is 3.06. The van der Waals surface area contributed by atoms with E-state index >= 15 is 0 Å². The molecule has 0 spiro atoms. The maximum absolute atomic E-state index is 12.6. The summed E-state index contributed by atoms with van der Waals surface area (Å²) in [5.41, 5.74) is 6.38. The van der Waals surface area contributed by atoms with Crippen LogP contribution in [0.1, 0.15) is 35.5 Å². The number of aromatic nitrogens is 4. The first-order valence-corrected chi connectivity index (χ1v) is 8.71. The normalized spacial score (nSPS) is 12.2. The Labute approximate surface area is 153 Å². The van der Waals surface area contributed by atoms with Gasteiger partial charge >= 0.3 is 0 Å². The van der Waals surface area contributed by atoms with Crippen LogP contribution in [0.5, 0.6) is 0 Å². The van der Waals surface area contributed by atoms with Gasteiger partial charge in [0.15, 0.2) is 0 Å². The summed E-state index contributed by atoms with van der Waals surface area (Å²) < 4.78 is 3.63. The second-order valence-corrected chi connectivity index (χ2v) is 6.86. The number of aryl methyl sites for hydroxylation is 4. The molecular formula is C20H25N5O. The number of carbonyl (C=O) groups excluding carboxylic acids is 1. The molecule has 136 valence electrons. The summed E-state index contributed by atoms with van der Waals surface area (Å²) in [7, 11) is 1.90. The van der Waals surface area contributed by atoms with Crippen molar-refractivity contribution in [2.75, 3.05) is 5.32 Å². The third-order valence-corrected chi connectivity index (χ3v) is 4.82. The van der Waals surface area contributed by atoms with Crippen molar-refractivity contribution in [3.05, 3.63) is 53.0 Å². The first kappa shape index (κ1) is 17.9. The highest BCUT2D eigenvalue weighted by Gasteiger charge is 2.20. The highest BCUT2D eigenvalue weighted by Crippen LogP contribution is 2.24. The summed E-state index contributed by atoms with van der Waals surface area (Å²) in [4.78, 5) is 17.0. The summed E-state index contributed by atoms with van der Waals surface area (Å²) in [6.07, 6.45) is 1.79. The lowest BCUT2D eigenvalue weighted by atomic mass is 10.0. The monoisotopic (exact) mass is 351 g/mol. The smallest absolute Gasteiger partial charge is 0.251 e. The van der Waals surface area contributed by atoms with E-state index in [9.17, 15) is 4.79 Å². The van der Waals surface area contributed by atoms with E-state index in [1.807, 2.05) is 38.5 Å². The van der Waals surface area contributed by atoms with E-state index < -0.39 is 6.04 Å². The lowest BCUT2D eigenvalue weighted by molar-refractivity contribution is -0.119. The Balaban J connectivity index is 1.82. The maximum atomic E-state index is 12.6. The molecule has 26 heavy (non-hydrogen) atoms. The van der Waals surface area contributed by atoms with Gasteiger partial charge in [-0.3, -0.25) is 14.8 Å². The third kappa shape index (κ3) is 3.27. The number of hydrogen-bond donors (Lipinski definition) is 1. The number of amides is 1. The number of imidazole rings is 1. The van der Waals surface area contributed by atoms with E-state index in [1.54, 1.807) is 10.9 Å². The Bertz CT molecular complexity index is 967. The van der Waals surface area contributed by atoms with Crippen molar-refractivity contribution in [2.45, 2.75) is 40.7 Å². The minimum Gasteiger partial charge on any atom is -0.313 e. The lowest BCUT2D eigenvalue weighted by Crippen LogP contribution is -2.26. The van der Waals surface area contributed by atoms with Crippen LogP contribution in [-0.2, 0) is 11.8 Å². The highest BCUT2D eigenvalue weighted by atomic mass is 16.2. The Kier molecular flexibility index (Phi) is 4.68. The lowest BCUT2D eigenvalue weighted by Gasteiger charge is -2.14. The summed E-state index contributed by atoms with van der Waals surface area (Å²) in [6.45, 7) is 9.88. The molecule has 0 radical (unpaired) electrons. The van der Waals surface area contributed by atoms with Gasteiger partial charge in [-0.25, -0.2) is 4.98 Å². The molecule has 6 heteroatoms. The first-order valence-electron chi connectivity index (χ1n) is 8.71. The molecule has 0 aliphatic carbocycles. The van der Waals surface area contributed by atoms with E-state index in [0.717, 1.165) is 22.6 Å². The van der Waals surface area contributed by atoms with Gasteiger partial charge in [0.25, 0.3) is 5.91 Å². The molecule has 3 rings (SSSR count).